The van der Waals surface area contributed by atoms with Crippen LogP contribution in [-0.4, -0.2) is 17.7 Å². The minimum absolute atomic E-state index is 0.0455. The van der Waals surface area contributed by atoms with Gasteiger partial charge in [0.1, 0.15) is 0 Å². The summed E-state index contributed by atoms with van der Waals surface area (Å²) >= 11 is 1.50. The number of hydrogen-bond acceptors (Lipinski definition) is 3. The molecule has 1 amide bonds. The Hall–Kier alpha value is -1.44. The number of carbonyl (C=O) groups excluding carboxylic acids is 1. The van der Waals surface area contributed by atoms with E-state index < -0.39 is 0 Å². The second-order valence-electron chi connectivity index (χ2n) is 3.53. The van der Waals surface area contributed by atoms with Crippen LogP contribution in [0.5, 0.6) is 0 Å². The molecule has 0 bridgehead atoms. The highest BCUT2D eigenvalue weighted by atomic mass is 32.2. The summed E-state index contributed by atoms with van der Waals surface area (Å²) in [5.41, 5.74) is 6.60. The second kappa shape index (κ2) is 7.00. The van der Waals surface area contributed by atoms with Crippen molar-refractivity contribution in [3.8, 4) is 12.3 Å². The number of amides is 1. The zero-order valence-corrected chi connectivity index (χ0v) is 10.6. The molecule has 0 saturated heterocycles. The quantitative estimate of drug-likeness (QED) is 0.611. The Balaban J connectivity index is 2.52. The molecule has 0 fully saturated rings. The van der Waals surface area contributed by atoms with Crippen LogP contribution in [0.25, 0.3) is 0 Å². The number of terminal acetylenes is 1. The van der Waals surface area contributed by atoms with Crippen LogP contribution in [-0.2, 0) is 11.3 Å². The molecule has 3 N–H and O–H groups in total. The van der Waals surface area contributed by atoms with Gasteiger partial charge >= 0.3 is 0 Å². The van der Waals surface area contributed by atoms with E-state index in [9.17, 15) is 4.79 Å². The lowest BCUT2D eigenvalue weighted by Gasteiger charge is -2.10. The van der Waals surface area contributed by atoms with E-state index in [1.165, 1.54) is 11.8 Å². The van der Waals surface area contributed by atoms with Gasteiger partial charge in [-0.25, -0.2) is 0 Å². The van der Waals surface area contributed by atoms with Crippen molar-refractivity contribution in [3.63, 3.8) is 0 Å². The highest BCUT2D eigenvalue weighted by Crippen LogP contribution is 2.23. The molecule has 1 aromatic rings. The summed E-state index contributed by atoms with van der Waals surface area (Å²) in [6.07, 6.45) is 5.08. The predicted molar refractivity (Wildman–Crippen MR) is 71.5 cm³/mol. The molecule has 0 radical (unpaired) electrons. The zero-order valence-electron chi connectivity index (χ0n) is 9.77. The van der Waals surface area contributed by atoms with Gasteiger partial charge in [-0.2, -0.15) is 0 Å². The third kappa shape index (κ3) is 4.51. The number of nitrogens with one attached hydrogen (secondary N) is 1. The van der Waals surface area contributed by atoms with Crippen molar-refractivity contribution < 1.29 is 4.79 Å². The molecule has 1 aromatic carbocycles. The van der Waals surface area contributed by atoms with Crippen molar-refractivity contribution in [1.29, 1.82) is 0 Å². The summed E-state index contributed by atoms with van der Waals surface area (Å²) < 4.78 is 0. The number of hydrogen-bond donors (Lipinski definition) is 2. The fourth-order valence-electron chi connectivity index (χ4n) is 1.24. The van der Waals surface area contributed by atoms with Crippen LogP contribution in [0.4, 0.5) is 0 Å². The zero-order chi connectivity index (χ0) is 12.7. The highest BCUT2D eigenvalue weighted by Gasteiger charge is 2.13. The molecular formula is C13H16N2OS. The van der Waals surface area contributed by atoms with Gasteiger partial charge < -0.3 is 11.1 Å². The largest absolute Gasteiger partial charge is 0.344 e. The average molecular weight is 248 g/mol. The summed E-state index contributed by atoms with van der Waals surface area (Å²) in [6.45, 7) is 2.66. The number of benzene rings is 1. The van der Waals surface area contributed by atoms with Crippen molar-refractivity contribution in [2.24, 2.45) is 5.73 Å². The molecular weight excluding hydrogens is 232 g/mol. The van der Waals surface area contributed by atoms with Gasteiger partial charge in [-0.05, 0) is 24.6 Å². The molecule has 0 heterocycles. The molecule has 0 spiro atoms. The van der Waals surface area contributed by atoms with Gasteiger partial charge in [0.05, 0.1) is 11.8 Å². The third-order valence-electron chi connectivity index (χ3n) is 2.21. The van der Waals surface area contributed by atoms with E-state index in [1.807, 2.05) is 31.2 Å². The Morgan fingerprint density at radius 3 is 2.71 bits per heavy atom. The number of rotatable bonds is 5. The van der Waals surface area contributed by atoms with Crippen LogP contribution in [0.2, 0.25) is 0 Å². The van der Waals surface area contributed by atoms with Gasteiger partial charge in [-0.3, -0.25) is 4.79 Å². The van der Waals surface area contributed by atoms with Crippen LogP contribution in [0.1, 0.15) is 12.5 Å². The van der Waals surface area contributed by atoms with Gasteiger partial charge in [-0.1, -0.05) is 18.1 Å². The van der Waals surface area contributed by atoms with Crippen LogP contribution >= 0.6 is 11.8 Å². The molecule has 1 unspecified atom stereocenters. The molecule has 0 aliphatic carbocycles. The van der Waals surface area contributed by atoms with Crippen molar-refractivity contribution in [1.82, 2.24) is 5.32 Å². The Morgan fingerprint density at radius 1 is 1.53 bits per heavy atom. The first-order valence-electron chi connectivity index (χ1n) is 5.34. The van der Waals surface area contributed by atoms with E-state index in [2.05, 4.69) is 11.2 Å². The first-order valence-corrected chi connectivity index (χ1v) is 6.22. The van der Waals surface area contributed by atoms with Crippen LogP contribution in [0.15, 0.2) is 29.2 Å². The maximum absolute atomic E-state index is 11.6. The molecule has 0 aliphatic rings. The molecule has 1 rings (SSSR count). The van der Waals surface area contributed by atoms with Gasteiger partial charge in [0, 0.05) is 11.4 Å². The summed E-state index contributed by atoms with van der Waals surface area (Å²) in [5.74, 6) is 2.33. The monoisotopic (exact) mass is 248 g/mol. The van der Waals surface area contributed by atoms with Crippen LogP contribution < -0.4 is 11.1 Å². The number of nitrogens with two attached hydrogens (primary N) is 1. The molecule has 0 aliphatic heterocycles. The molecule has 90 valence electrons. The molecule has 4 heteroatoms. The maximum atomic E-state index is 11.6. The van der Waals surface area contributed by atoms with E-state index in [0.717, 1.165) is 10.5 Å². The lowest BCUT2D eigenvalue weighted by atomic mass is 10.2. The van der Waals surface area contributed by atoms with Crippen LogP contribution in [0.3, 0.4) is 0 Å². The van der Waals surface area contributed by atoms with E-state index >= 15 is 0 Å². The molecule has 0 saturated carbocycles. The standard InChI is InChI=1S/C13H16N2OS/c1-3-8-15-13(16)10(2)17-12-6-4-11(9-14)5-7-12/h1,4-7,10H,8-9,14H2,2H3,(H,15,16). The van der Waals surface area contributed by atoms with Gasteiger partial charge in [0.2, 0.25) is 5.91 Å². The highest BCUT2D eigenvalue weighted by molar-refractivity contribution is 8.00. The maximum Gasteiger partial charge on any atom is 0.233 e. The topological polar surface area (TPSA) is 55.1 Å². The SMILES string of the molecule is C#CCNC(=O)C(C)Sc1ccc(CN)cc1. The Morgan fingerprint density at radius 2 is 2.18 bits per heavy atom. The molecule has 0 aromatic heterocycles. The van der Waals surface area contributed by atoms with Crippen molar-refractivity contribution in [2.75, 3.05) is 6.54 Å². The summed E-state index contributed by atoms with van der Waals surface area (Å²) in [5, 5.41) is 2.50. The molecule has 17 heavy (non-hydrogen) atoms. The summed E-state index contributed by atoms with van der Waals surface area (Å²) in [7, 11) is 0. The first kappa shape index (κ1) is 13.6. The van der Waals surface area contributed by atoms with Crippen molar-refractivity contribution >= 4 is 17.7 Å². The Bertz CT molecular complexity index is 408. The summed E-state index contributed by atoms with van der Waals surface area (Å²) in [4.78, 5) is 12.6. The van der Waals surface area contributed by atoms with Crippen molar-refractivity contribution in [3.05, 3.63) is 29.8 Å². The minimum atomic E-state index is -0.160. The van der Waals surface area contributed by atoms with E-state index in [4.69, 9.17) is 12.2 Å². The lowest BCUT2D eigenvalue weighted by molar-refractivity contribution is -0.120. The fraction of sp³-hybridized carbons (Fsp3) is 0.308. The van der Waals surface area contributed by atoms with Gasteiger partial charge in [0.25, 0.3) is 0 Å². The average Bonchev–Trinajstić information content (AvgIpc) is 2.36. The summed E-state index contributed by atoms with van der Waals surface area (Å²) in [6, 6.07) is 7.87. The number of thioether (sulfide) groups is 1. The lowest BCUT2D eigenvalue weighted by Crippen LogP contribution is -2.30. The fourth-order valence-corrected chi connectivity index (χ4v) is 2.14. The Kier molecular flexibility index (Phi) is 5.61. The van der Waals surface area contributed by atoms with Crippen molar-refractivity contribution in [2.45, 2.75) is 23.6 Å². The Labute approximate surface area is 106 Å². The molecule has 1 atom stereocenters. The normalized spacial score (nSPS) is 11.6. The van der Waals surface area contributed by atoms with Crippen LogP contribution in [0, 0.1) is 12.3 Å². The second-order valence-corrected chi connectivity index (χ2v) is 4.94. The van der Waals surface area contributed by atoms with Gasteiger partial charge in [0.15, 0.2) is 0 Å². The predicted octanol–water partition coefficient (Wildman–Crippen LogP) is 1.38. The first-order chi connectivity index (χ1) is 8.17. The minimum Gasteiger partial charge on any atom is -0.344 e. The third-order valence-corrected chi connectivity index (χ3v) is 3.32. The van der Waals surface area contributed by atoms with E-state index in [0.29, 0.717) is 6.54 Å². The van der Waals surface area contributed by atoms with Gasteiger partial charge in [-0.15, -0.1) is 18.2 Å². The van der Waals surface area contributed by atoms with E-state index in [-0.39, 0.29) is 17.7 Å². The number of carbonyl (C=O) groups is 1. The van der Waals surface area contributed by atoms with E-state index in [1.54, 1.807) is 0 Å². The molecule has 3 nitrogen and oxygen atoms in total. The smallest absolute Gasteiger partial charge is 0.233 e.